The maximum atomic E-state index is 11.9. The maximum absolute atomic E-state index is 11.9. The highest BCUT2D eigenvalue weighted by atomic mass is 35.5. The number of likely N-dealkylation sites (N-methyl/N-ethyl adjacent to an activating group) is 1. The molecule has 0 unspecified atom stereocenters. The van der Waals surface area contributed by atoms with Gasteiger partial charge < -0.3 is 16.4 Å². The molecule has 19 heavy (non-hydrogen) atoms. The molecule has 0 saturated carbocycles. The number of fused-ring (bicyclic) bond motifs is 1. The van der Waals surface area contributed by atoms with E-state index in [0.717, 1.165) is 10.1 Å². The highest BCUT2D eigenvalue weighted by Gasteiger charge is 2.16. The first-order chi connectivity index (χ1) is 9.02. The molecule has 1 aromatic carbocycles. The van der Waals surface area contributed by atoms with Gasteiger partial charge in [-0.05, 0) is 18.2 Å². The molecule has 0 aliphatic carbocycles. The number of rotatable bonds is 3. The molecule has 2 rings (SSSR count). The molecular formula is C12H12ClN3O2S. The molecule has 0 saturated heterocycles. The van der Waals surface area contributed by atoms with E-state index in [9.17, 15) is 9.59 Å². The molecule has 4 N–H and O–H groups in total. The van der Waals surface area contributed by atoms with Gasteiger partial charge in [0.05, 0.1) is 12.2 Å². The Morgan fingerprint density at radius 3 is 2.84 bits per heavy atom. The van der Waals surface area contributed by atoms with Crippen molar-refractivity contribution in [2.24, 2.45) is 0 Å². The lowest BCUT2D eigenvalue weighted by Gasteiger charge is -2.03. The monoisotopic (exact) mass is 297 g/mol. The summed E-state index contributed by atoms with van der Waals surface area (Å²) in [7, 11) is 1.50. The summed E-state index contributed by atoms with van der Waals surface area (Å²) in [6.07, 6.45) is 0. The summed E-state index contributed by atoms with van der Waals surface area (Å²) in [5.41, 5.74) is 6.32. The van der Waals surface area contributed by atoms with E-state index in [-0.39, 0.29) is 18.4 Å². The van der Waals surface area contributed by atoms with E-state index in [0.29, 0.717) is 15.6 Å². The van der Waals surface area contributed by atoms with E-state index in [1.807, 2.05) is 6.07 Å². The molecule has 0 bridgehead atoms. The minimum absolute atomic E-state index is 0.0796. The van der Waals surface area contributed by atoms with Crippen LogP contribution in [0.25, 0.3) is 10.1 Å². The number of carbonyl (C=O) groups is 2. The fraction of sp³-hybridized carbons (Fsp3) is 0.167. The molecule has 1 heterocycles. The van der Waals surface area contributed by atoms with Crippen LogP contribution in [-0.4, -0.2) is 25.4 Å². The predicted molar refractivity (Wildman–Crippen MR) is 77.6 cm³/mol. The van der Waals surface area contributed by atoms with E-state index in [1.165, 1.54) is 18.4 Å². The van der Waals surface area contributed by atoms with Gasteiger partial charge in [-0.3, -0.25) is 9.59 Å². The fourth-order valence-corrected chi connectivity index (χ4v) is 2.78. The van der Waals surface area contributed by atoms with Crippen molar-refractivity contribution in [3.8, 4) is 0 Å². The molecule has 0 aliphatic heterocycles. The number of halogens is 1. The first-order valence-corrected chi connectivity index (χ1v) is 6.68. The van der Waals surface area contributed by atoms with E-state index in [2.05, 4.69) is 10.6 Å². The largest absolute Gasteiger partial charge is 0.397 e. The van der Waals surface area contributed by atoms with Gasteiger partial charge in [0.25, 0.3) is 5.91 Å². The summed E-state index contributed by atoms with van der Waals surface area (Å²) < 4.78 is 0.881. The Morgan fingerprint density at radius 1 is 1.42 bits per heavy atom. The van der Waals surface area contributed by atoms with Crippen LogP contribution in [-0.2, 0) is 4.79 Å². The van der Waals surface area contributed by atoms with Gasteiger partial charge in [0.1, 0.15) is 4.88 Å². The van der Waals surface area contributed by atoms with Crippen LogP contribution >= 0.6 is 22.9 Å². The van der Waals surface area contributed by atoms with Crippen LogP contribution in [0.1, 0.15) is 9.67 Å². The molecule has 1 aromatic heterocycles. The van der Waals surface area contributed by atoms with E-state index in [1.54, 1.807) is 12.1 Å². The second-order valence-electron chi connectivity index (χ2n) is 3.84. The number of carbonyl (C=O) groups excluding carboxylic acids is 2. The SMILES string of the molecule is CNC(=O)CNC(=O)c1sc2ccc(Cl)cc2c1N. The number of nitrogens with one attached hydrogen (secondary N) is 2. The number of nitrogen functional groups attached to an aromatic ring is 1. The van der Waals surface area contributed by atoms with Crippen molar-refractivity contribution < 1.29 is 9.59 Å². The molecule has 0 spiro atoms. The normalized spacial score (nSPS) is 10.4. The molecule has 0 fully saturated rings. The molecule has 100 valence electrons. The van der Waals surface area contributed by atoms with Gasteiger partial charge in [0.15, 0.2) is 0 Å². The minimum Gasteiger partial charge on any atom is -0.397 e. The Balaban J connectivity index is 2.27. The average Bonchev–Trinajstić information content (AvgIpc) is 2.73. The molecular weight excluding hydrogens is 286 g/mol. The molecule has 0 radical (unpaired) electrons. The van der Waals surface area contributed by atoms with Crippen LogP contribution in [0.5, 0.6) is 0 Å². The van der Waals surface area contributed by atoms with Gasteiger partial charge >= 0.3 is 0 Å². The standard InChI is InChI=1S/C12H12ClN3O2S/c1-15-9(17)5-16-12(18)11-10(14)7-4-6(13)2-3-8(7)19-11/h2-4H,5,14H2,1H3,(H,15,17)(H,16,18). The van der Waals surface area contributed by atoms with Crippen LogP contribution < -0.4 is 16.4 Å². The Hall–Kier alpha value is -1.79. The third kappa shape index (κ3) is 2.80. The lowest BCUT2D eigenvalue weighted by atomic mass is 10.2. The van der Waals surface area contributed by atoms with Crippen LogP contribution in [0.2, 0.25) is 5.02 Å². The average molecular weight is 298 g/mol. The van der Waals surface area contributed by atoms with Crippen LogP contribution in [0.4, 0.5) is 5.69 Å². The van der Waals surface area contributed by atoms with Crippen molar-refractivity contribution in [3.05, 3.63) is 28.1 Å². The summed E-state index contributed by atoms with van der Waals surface area (Å²) in [4.78, 5) is 23.4. The van der Waals surface area contributed by atoms with E-state index < -0.39 is 0 Å². The van der Waals surface area contributed by atoms with Gasteiger partial charge in [0, 0.05) is 22.2 Å². The number of hydrogen-bond acceptors (Lipinski definition) is 4. The van der Waals surface area contributed by atoms with Crippen molar-refractivity contribution in [2.75, 3.05) is 19.3 Å². The number of amides is 2. The second kappa shape index (κ2) is 5.46. The maximum Gasteiger partial charge on any atom is 0.263 e. The van der Waals surface area contributed by atoms with Crippen molar-refractivity contribution in [3.63, 3.8) is 0 Å². The van der Waals surface area contributed by atoms with Crippen molar-refractivity contribution in [1.82, 2.24) is 10.6 Å². The fourth-order valence-electron chi connectivity index (χ4n) is 1.59. The highest BCUT2D eigenvalue weighted by molar-refractivity contribution is 7.21. The van der Waals surface area contributed by atoms with Crippen LogP contribution in [0.15, 0.2) is 18.2 Å². The number of nitrogens with two attached hydrogens (primary N) is 1. The number of hydrogen-bond donors (Lipinski definition) is 3. The zero-order valence-electron chi connectivity index (χ0n) is 10.1. The first-order valence-electron chi connectivity index (χ1n) is 5.49. The highest BCUT2D eigenvalue weighted by Crippen LogP contribution is 2.35. The molecule has 0 aliphatic rings. The van der Waals surface area contributed by atoms with E-state index in [4.69, 9.17) is 17.3 Å². The van der Waals surface area contributed by atoms with Crippen molar-refractivity contribution in [1.29, 1.82) is 0 Å². The number of benzene rings is 1. The molecule has 5 nitrogen and oxygen atoms in total. The Morgan fingerprint density at radius 2 is 2.16 bits per heavy atom. The molecule has 0 atom stereocenters. The summed E-state index contributed by atoms with van der Waals surface area (Å²) >= 11 is 7.17. The summed E-state index contributed by atoms with van der Waals surface area (Å²) in [5, 5.41) is 6.25. The summed E-state index contributed by atoms with van der Waals surface area (Å²) in [6, 6.07) is 5.28. The quantitative estimate of drug-likeness (QED) is 0.805. The molecule has 2 amide bonds. The van der Waals surface area contributed by atoms with Gasteiger partial charge in [-0.25, -0.2) is 0 Å². The van der Waals surface area contributed by atoms with Gasteiger partial charge in [0.2, 0.25) is 5.91 Å². The van der Waals surface area contributed by atoms with Gasteiger partial charge in [-0.15, -0.1) is 11.3 Å². The topological polar surface area (TPSA) is 84.2 Å². The van der Waals surface area contributed by atoms with Crippen molar-refractivity contribution in [2.45, 2.75) is 0 Å². The molecule has 7 heteroatoms. The minimum atomic E-state index is -0.363. The Bertz CT molecular complexity index is 654. The lowest BCUT2D eigenvalue weighted by Crippen LogP contribution is -2.35. The third-order valence-corrected chi connectivity index (χ3v) is 4.00. The van der Waals surface area contributed by atoms with Gasteiger partial charge in [-0.1, -0.05) is 11.6 Å². The first kappa shape index (κ1) is 13.6. The van der Waals surface area contributed by atoms with Crippen molar-refractivity contribution >= 4 is 50.5 Å². The smallest absolute Gasteiger partial charge is 0.263 e. The van der Waals surface area contributed by atoms with Gasteiger partial charge in [-0.2, -0.15) is 0 Å². The van der Waals surface area contributed by atoms with Crippen LogP contribution in [0, 0.1) is 0 Å². The lowest BCUT2D eigenvalue weighted by molar-refractivity contribution is -0.119. The number of thiophene rings is 1. The summed E-state index contributed by atoms with van der Waals surface area (Å²) in [6.45, 7) is -0.0796. The second-order valence-corrected chi connectivity index (χ2v) is 5.33. The Labute approximate surface area is 118 Å². The molecule has 2 aromatic rings. The zero-order chi connectivity index (χ0) is 14.0. The van der Waals surface area contributed by atoms with E-state index >= 15 is 0 Å². The predicted octanol–water partition coefficient (Wildman–Crippen LogP) is 1.61. The number of anilines is 1. The zero-order valence-corrected chi connectivity index (χ0v) is 11.7. The third-order valence-electron chi connectivity index (χ3n) is 2.58. The summed E-state index contributed by atoms with van der Waals surface area (Å²) in [5.74, 6) is -0.630. The van der Waals surface area contributed by atoms with Crippen LogP contribution in [0.3, 0.4) is 0 Å². The Kier molecular flexibility index (Phi) is 3.92.